The van der Waals surface area contributed by atoms with Crippen LogP contribution in [-0.2, 0) is 6.42 Å². The molecule has 2 aromatic heterocycles. The molecule has 2 heterocycles. The van der Waals surface area contributed by atoms with Crippen LogP contribution < -0.4 is 5.32 Å². The first-order valence-electron chi connectivity index (χ1n) is 5.02. The molecule has 2 rings (SSSR count). The van der Waals surface area contributed by atoms with Crippen LogP contribution in [0.15, 0.2) is 26.8 Å². The van der Waals surface area contributed by atoms with Crippen LogP contribution in [0.2, 0.25) is 0 Å². The number of hydrogen-bond acceptors (Lipinski definition) is 4. The fourth-order valence-corrected chi connectivity index (χ4v) is 2.77. The van der Waals surface area contributed by atoms with Gasteiger partial charge in [-0.1, -0.05) is 0 Å². The topological polar surface area (TPSA) is 38.1 Å². The molecule has 0 saturated heterocycles. The van der Waals surface area contributed by atoms with Gasteiger partial charge in [-0.15, -0.1) is 11.3 Å². The Morgan fingerprint density at radius 1 is 1.62 bits per heavy atom. The summed E-state index contributed by atoms with van der Waals surface area (Å²) >= 11 is 5.09. The molecule has 0 amide bonds. The fraction of sp³-hybridized carbons (Fsp3) is 0.364. The van der Waals surface area contributed by atoms with Gasteiger partial charge in [-0.3, -0.25) is 0 Å². The molecule has 86 valence electrons. The molecule has 0 aromatic carbocycles. The number of aromatic nitrogens is 1. The molecule has 16 heavy (non-hydrogen) atoms. The van der Waals surface area contributed by atoms with Crippen molar-refractivity contribution in [3.8, 4) is 0 Å². The molecule has 0 fully saturated rings. The van der Waals surface area contributed by atoms with Crippen molar-refractivity contribution >= 4 is 27.3 Å². The quantitative estimate of drug-likeness (QED) is 0.941. The molecular weight excluding hydrogens is 288 g/mol. The van der Waals surface area contributed by atoms with E-state index in [1.807, 2.05) is 20.0 Å². The van der Waals surface area contributed by atoms with Crippen LogP contribution in [0.25, 0.3) is 0 Å². The highest BCUT2D eigenvalue weighted by Gasteiger charge is 2.16. The van der Waals surface area contributed by atoms with Crippen LogP contribution in [0.5, 0.6) is 0 Å². The number of nitrogens with one attached hydrogen (secondary N) is 1. The first-order chi connectivity index (χ1) is 7.70. The Bertz CT molecular complexity index is 466. The summed E-state index contributed by atoms with van der Waals surface area (Å²) in [7, 11) is 1.95. The first-order valence-corrected chi connectivity index (χ1v) is 6.69. The summed E-state index contributed by atoms with van der Waals surface area (Å²) in [6.45, 7) is 2.02. The van der Waals surface area contributed by atoms with Gasteiger partial charge in [0.1, 0.15) is 0 Å². The van der Waals surface area contributed by atoms with Gasteiger partial charge in [0.05, 0.1) is 17.0 Å². The lowest BCUT2D eigenvalue weighted by atomic mass is 10.1. The molecule has 0 bridgehead atoms. The number of aryl methyl sites for hydroxylation is 1. The maximum absolute atomic E-state index is 5.25. The van der Waals surface area contributed by atoms with E-state index in [0.717, 1.165) is 27.4 Å². The van der Waals surface area contributed by atoms with Crippen LogP contribution in [0.3, 0.4) is 0 Å². The lowest BCUT2D eigenvalue weighted by Gasteiger charge is -2.13. The van der Waals surface area contributed by atoms with Gasteiger partial charge < -0.3 is 9.73 Å². The van der Waals surface area contributed by atoms with Crippen LogP contribution in [-0.4, -0.2) is 12.0 Å². The highest BCUT2D eigenvalue weighted by molar-refractivity contribution is 9.10. The maximum Gasteiger partial charge on any atom is 0.173 e. The standard InChI is InChI=1S/C11H13BrN2OS/c1-7-14-8(6-16-7)5-10(13-2)9-3-4-15-11(9)12/h3-4,6,10,13H,5H2,1-2H3. The second-order valence-electron chi connectivity index (χ2n) is 3.55. The lowest BCUT2D eigenvalue weighted by Crippen LogP contribution is -2.18. The molecule has 2 aromatic rings. The SMILES string of the molecule is CNC(Cc1csc(C)n1)c1ccoc1Br. The zero-order valence-electron chi connectivity index (χ0n) is 9.16. The first kappa shape index (κ1) is 11.8. The number of hydrogen-bond donors (Lipinski definition) is 1. The predicted octanol–water partition coefficient (Wildman–Crippen LogP) is 3.31. The predicted molar refractivity (Wildman–Crippen MR) is 68.8 cm³/mol. The molecular formula is C11H13BrN2OS. The van der Waals surface area contributed by atoms with Gasteiger partial charge in [-0.05, 0) is 36.0 Å². The zero-order valence-corrected chi connectivity index (χ0v) is 11.6. The summed E-state index contributed by atoms with van der Waals surface area (Å²) in [5.74, 6) is 0. The van der Waals surface area contributed by atoms with E-state index < -0.39 is 0 Å². The molecule has 0 aliphatic heterocycles. The van der Waals surface area contributed by atoms with Crippen molar-refractivity contribution < 1.29 is 4.42 Å². The van der Waals surface area contributed by atoms with E-state index in [9.17, 15) is 0 Å². The molecule has 0 aliphatic carbocycles. The molecule has 1 unspecified atom stereocenters. The lowest BCUT2D eigenvalue weighted by molar-refractivity contribution is 0.517. The van der Waals surface area contributed by atoms with E-state index in [0.29, 0.717) is 0 Å². The molecule has 0 radical (unpaired) electrons. The monoisotopic (exact) mass is 300 g/mol. The summed E-state index contributed by atoms with van der Waals surface area (Å²) in [4.78, 5) is 4.47. The number of likely N-dealkylation sites (N-methyl/N-ethyl adjacent to an activating group) is 1. The Kier molecular flexibility index (Phi) is 3.78. The van der Waals surface area contributed by atoms with Crippen molar-refractivity contribution in [3.63, 3.8) is 0 Å². The average molecular weight is 301 g/mol. The van der Waals surface area contributed by atoms with Crippen molar-refractivity contribution in [2.24, 2.45) is 0 Å². The van der Waals surface area contributed by atoms with Gasteiger partial charge in [0.25, 0.3) is 0 Å². The van der Waals surface area contributed by atoms with Crippen molar-refractivity contribution in [2.45, 2.75) is 19.4 Å². The molecule has 1 atom stereocenters. The van der Waals surface area contributed by atoms with Gasteiger partial charge in [-0.2, -0.15) is 0 Å². The average Bonchev–Trinajstić information content (AvgIpc) is 2.84. The Labute approximate surface area is 107 Å². The third kappa shape index (κ3) is 2.53. The second-order valence-corrected chi connectivity index (χ2v) is 5.34. The highest BCUT2D eigenvalue weighted by atomic mass is 79.9. The third-order valence-corrected chi connectivity index (χ3v) is 3.92. The minimum absolute atomic E-state index is 0.231. The fourth-order valence-electron chi connectivity index (χ4n) is 1.63. The van der Waals surface area contributed by atoms with Gasteiger partial charge >= 0.3 is 0 Å². The summed E-state index contributed by atoms with van der Waals surface area (Å²) in [5.41, 5.74) is 2.25. The van der Waals surface area contributed by atoms with Crippen LogP contribution >= 0.6 is 27.3 Å². The number of thiazole rings is 1. The third-order valence-electron chi connectivity index (χ3n) is 2.45. The van der Waals surface area contributed by atoms with Crippen molar-refractivity contribution in [3.05, 3.63) is 38.6 Å². The Balaban J connectivity index is 2.15. The molecule has 0 saturated carbocycles. The van der Waals surface area contributed by atoms with Gasteiger partial charge in [0.2, 0.25) is 0 Å². The number of nitrogens with zero attached hydrogens (tertiary/aromatic N) is 1. The Morgan fingerprint density at radius 2 is 2.44 bits per heavy atom. The van der Waals surface area contributed by atoms with E-state index in [1.165, 1.54) is 0 Å². The summed E-state index contributed by atoms with van der Waals surface area (Å²) in [6.07, 6.45) is 2.56. The summed E-state index contributed by atoms with van der Waals surface area (Å²) in [6, 6.07) is 2.21. The summed E-state index contributed by atoms with van der Waals surface area (Å²) < 4.78 is 6.04. The Morgan fingerprint density at radius 3 is 2.94 bits per heavy atom. The van der Waals surface area contributed by atoms with Crippen LogP contribution in [0, 0.1) is 6.92 Å². The van der Waals surface area contributed by atoms with E-state index in [-0.39, 0.29) is 6.04 Å². The minimum Gasteiger partial charge on any atom is -0.457 e. The molecule has 1 N–H and O–H groups in total. The van der Waals surface area contributed by atoms with E-state index in [4.69, 9.17) is 4.42 Å². The van der Waals surface area contributed by atoms with Gasteiger partial charge in [-0.25, -0.2) is 4.98 Å². The van der Waals surface area contributed by atoms with Crippen LogP contribution in [0.4, 0.5) is 0 Å². The van der Waals surface area contributed by atoms with Crippen molar-refractivity contribution in [1.29, 1.82) is 0 Å². The second kappa shape index (κ2) is 5.12. The normalized spacial score (nSPS) is 12.9. The van der Waals surface area contributed by atoms with E-state index in [1.54, 1.807) is 17.6 Å². The van der Waals surface area contributed by atoms with Crippen molar-refractivity contribution in [2.75, 3.05) is 7.05 Å². The highest BCUT2D eigenvalue weighted by Crippen LogP contribution is 2.27. The molecule has 5 heteroatoms. The van der Waals surface area contributed by atoms with Gasteiger partial charge in [0.15, 0.2) is 4.67 Å². The van der Waals surface area contributed by atoms with E-state index in [2.05, 4.69) is 31.6 Å². The molecule has 3 nitrogen and oxygen atoms in total. The summed E-state index contributed by atoms with van der Waals surface area (Å²) in [5, 5.41) is 6.49. The zero-order chi connectivity index (χ0) is 11.5. The number of halogens is 1. The Hall–Kier alpha value is -0.650. The van der Waals surface area contributed by atoms with E-state index >= 15 is 0 Å². The number of rotatable bonds is 4. The maximum atomic E-state index is 5.25. The van der Waals surface area contributed by atoms with Crippen LogP contribution in [0.1, 0.15) is 22.3 Å². The molecule has 0 spiro atoms. The van der Waals surface area contributed by atoms with Crippen molar-refractivity contribution in [1.82, 2.24) is 10.3 Å². The molecule has 0 aliphatic rings. The largest absolute Gasteiger partial charge is 0.457 e. The van der Waals surface area contributed by atoms with Gasteiger partial charge in [0, 0.05) is 23.4 Å². The smallest absolute Gasteiger partial charge is 0.173 e. The number of furan rings is 1. The minimum atomic E-state index is 0.231.